The van der Waals surface area contributed by atoms with Crippen molar-refractivity contribution in [1.82, 2.24) is 0 Å². The molecule has 0 unspecified atom stereocenters. The molecule has 0 aromatic heterocycles. The summed E-state index contributed by atoms with van der Waals surface area (Å²) in [6, 6.07) is 0. The van der Waals surface area contributed by atoms with Gasteiger partial charge in [-0.15, -0.1) is 0 Å². The molecule has 1 nitrogen and oxygen atoms in total. The molecule has 0 aromatic rings. The monoisotopic (exact) mass is 108 g/mol. The van der Waals surface area contributed by atoms with E-state index < -0.39 is 0 Å². The molecule has 0 amide bonds. The van der Waals surface area contributed by atoms with Crippen molar-refractivity contribution in [2.24, 2.45) is 0 Å². The fourth-order valence-corrected chi connectivity index (χ4v) is 0. The van der Waals surface area contributed by atoms with Crippen LogP contribution in [0.4, 0.5) is 0 Å². The highest BCUT2D eigenvalue weighted by Gasteiger charge is 0.642. The highest BCUT2D eigenvalue weighted by Crippen LogP contribution is 1.03. The maximum atomic E-state index is 8.00. The van der Waals surface area contributed by atoms with Gasteiger partial charge in [-0.1, -0.05) is 27.1 Å². The fourth-order valence-electron chi connectivity index (χ4n) is 0. The Morgan fingerprint density at radius 3 is 1.00 bits per heavy atom. The molecule has 0 N–H and O–H groups in total. The van der Waals surface area contributed by atoms with Crippen molar-refractivity contribution in [3.8, 4) is 0 Å². The summed E-state index contributed by atoms with van der Waals surface area (Å²) >= 11 is 3.83. The van der Waals surface area contributed by atoms with Gasteiger partial charge in [0, 0.05) is 0 Å². The zero-order valence-corrected chi connectivity index (χ0v) is 3.05. The third kappa shape index (κ3) is 497. The molecule has 0 aliphatic heterocycles. The molecule has 40 valence electrons. The van der Waals surface area contributed by atoms with Crippen LogP contribution in [0.25, 0.3) is 0 Å². The average Bonchev–Trinajstić information content (AvgIpc) is 1.50. The van der Waals surface area contributed by atoms with E-state index in [2.05, 4.69) is 18.1 Å². The molecule has 0 spiro atoms. The van der Waals surface area contributed by atoms with Gasteiger partial charge in [0.25, 0.3) is 0 Å². The highest BCUT2D eigenvalue weighted by atomic mass is 32.1. The number of carbonyl (C=O) groups is 1. The summed E-state index contributed by atoms with van der Waals surface area (Å²) in [7, 11) is 0. The first kappa shape index (κ1) is 42.1. The minimum Gasteiger partial charge on any atom is -0.307 e. The minimum absolute atomic E-state index is 0. The van der Waals surface area contributed by atoms with E-state index in [9.17, 15) is 0 Å². The molecule has 0 rings (SSSR count). The van der Waals surface area contributed by atoms with Crippen LogP contribution in [0.5, 0.6) is 0 Å². The number of thiocarbonyl (C=S) groups is 1. The predicted octanol–water partition coefficient (Wildman–Crippen LogP) is 1.70. The fraction of sp³-hybridized carbons (Fsp3) is 0.500. The van der Waals surface area contributed by atoms with Crippen LogP contribution in [0.2, 0.25) is 0 Å². The first-order valence-electron chi connectivity index (χ1n) is 0.577. The van der Waals surface area contributed by atoms with Crippen molar-refractivity contribution >= 4 is 24.9 Å². The molecule has 0 saturated heterocycles. The SMILES string of the molecule is C.C.C=O.C=S. The Hall–Kier alpha value is -0.240. The average molecular weight is 108 g/mol. The largest absolute Gasteiger partial charge is 0.307 e. The van der Waals surface area contributed by atoms with Crippen LogP contribution in [-0.2, 0) is 4.79 Å². The Morgan fingerprint density at radius 2 is 1.00 bits per heavy atom. The molecule has 6 heavy (non-hydrogen) atoms. The second kappa shape index (κ2) is 1170. The van der Waals surface area contributed by atoms with Gasteiger partial charge in [0.15, 0.2) is 0 Å². The van der Waals surface area contributed by atoms with Crippen LogP contribution in [0, 0.1) is 0 Å². The normalized spacial score (nSPS) is 1.33. The van der Waals surface area contributed by atoms with Crippen molar-refractivity contribution in [2.75, 3.05) is 0 Å². The Bertz CT molecular complexity index is 9.51. The molecule has 0 aliphatic carbocycles. The number of rotatable bonds is 0. The molecule has 2 heteroatoms. The Labute approximate surface area is 45.4 Å². The van der Waals surface area contributed by atoms with Gasteiger partial charge in [-0.2, -0.15) is 0 Å². The number of hydrogen-bond acceptors (Lipinski definition) is 2. The summed E-state index contributed by atoms with van der Waals surface area (Å²) in [6.07, 6.45) is 0. The van der Waals surface area contributed by atoms with Crippen LogP contribution in [-0.4, -0.2) is 12.7 Å². The molecule has 0 radical (unpaired) electrons. The second-order valence-corrected chi connectivity index (χ2v) is 0. The Morgan fingerprint density at radius 1 is 1.00 bits per heavy atom. The maximum absolute atomic E-state index is 8.00. The molecule has 0 heterocycles. The van der Waals surface area contributed by atoms with E-state index in [1.807, 2.05) is 6.79 Å². The standard InChI is InChI=1S/CH2O.CH2S.2CH4/c2*1-2;;/h2*1H2;2*1H4. The van der Waals surface area contributed by atoms with E-state index in [0.717, 1.165) is 0 Å². The third-order valence-corrected chi connectivity index (χ3v) is 0. The van der Waals surface area contributed by atoms with Crippen molar-refractivity contribution in [2.45, 2.75) is 14.9 Å². The first-order chi connectivity index (χ1) is 2.00. The molecule has 0 bridgehead atoms. The van der Waals surface area contributed by atoms with E-state index >= 15 is 0 Å². The van der Waals surface area contributed by atoms with Crippen LogP contribution in [0.15, 0.2) is 0 Å². The molecular formula is C4H12OS. The highest BCUT2D eigenvalue weighted by molar-refractivity contribution is 7.77. The smallest absolute Gasteiger partial charge is 0.106 e. The zero-order valence-electron chi connectivity index (χ0n) is 2.23. The van der Waals surface area contributed by atoms with Gasteiger partial charge >= 0.3 is 0 Å². The summed E-state index contributed by atoms with van der Waals surface area (Å²) in [6.45, 7) is 2.00. The maximum Gasteiger partial charge on any atom is 0.106 e. The topological polar surface area (TPSA) is 17.1 Å². The van der Waals surface area contributed by atoms with E-state index in [1.54, 1.807) is 0 Å². The number of carbonyl (C=O) groups excluding carboxylic acids is 1. The van der Waals surface area contributed by atoms with E-state index in [-0.39, 0.29) is 14.9 Å². The third-order valence-electron chi connectivity index (χ3n) is 0. The number of hydrogen-bond donors (Lipinski definition) is 0. The van der Waals surface area contributed by atoms with Gasteiger partial charge in [-0.3, -0.25) is 0 Å². The van der Waals surface area contributed by atoms with E-state index in [1.165, 1.54) is 0 Å². The van der Waals surface area contributed by atoms with Crippen LogP contribution < -0.4 is 0 Å². The minimum atomic E-state index is 0. The molecule has 0 atom stereocenters. The second-order valence-electron chi connectivity index (χ2n) is 0. The van der Waals surface area contributed by atoms with Crippen molar-refractivity contribution in [1.29, 1.82) is 0 Å². The lowest BCUT2D eigenvalue weighted by atomic mass is 11.9. The van der Waals surface area contributed by atoms with Gasteiger partial charge in [-0.25, -0.2) is 0 Å². The summed E-state index contributed by atoms with van der Waals surface area (Å²) in [5, 5.41) is 0. The quantitative estimate of drug-likeness (QED) is 0.439. The Balaban J connectivity index is -0.00000000500. The van der Waals surface area contributed by atoms with Gasteiger partial charge in [-0.05, 0) is 5.87 Å². The van der Waals surface area contributed by atoms with E-state index in [0.29, 0.717) is 0 Å². The predicted molar refractivity (Wildman–Crippen MR) is 35.3 cm³/mol. The summed E-state index contributed by atoms with van der Waals surface area (Å²) in [5.41, 5.74) is 0. The summed E-state index contributed by atoms with van der Waals surface area (Å²) in [5.74, 6) is 2.83. The first-order valence-corrected chi connectivity index (χ1v) is 1.15. The zero-order chi connectivity index (χ0) is 4.00. The molecule has 0 aromatic carbocycles. The van der Waals surface area contributed by atoms with Gasteiger partial charge in [0.2, 0.25) is 0 Å². The van der Waals surface area contributed by atoms with Crippen LogP contribution in [0.3, 0.4) is 0 Å². The Kier molecular flexibility index (Phi) is 8200. The molecule has 0 aliphatic rings. The molecular weight excluding hydrogens is 96.1 g/mol. The van der Waals surface area contributed by atoms with E-state index in [4.69, 9.17) is 4.79 Å². The van der Waals surface area contributed by atoms with Gasteiger partial charge in [0.1, 0.15) is 6.79 Å². The lowest BCUT2D eigenvalue weighted by molar-refractivity contribution is -0.0979. The van der Waals surface area contributed by atoms with Crippen molar-refractivity contribution in [3.05, 3.63) is 0 Å². The van der Waals surface area contributed by atoms with Crippen LogP contribution >= 0.6 is 12.2 Å². The van der Waals surface area contributed by atoms with Crippen molar-refractivity contribution in [3.63, 3.8) is 0 Å². The molecule has 0 fully saturated rings. The summed E-state index contributed by atoms with van der Waals surface area (Å²) < 4.78 is 0. The molecule has 0 saturated carbocycles. The lowest BCUT2D eigenvalue weighted by Crippen LogP contribution is -0.925. The van der Waals surface area contributed by atoms with Crippen molar-refractivity contribution < 1.29 is 4.79 Å². The van der Waals surface area contributed by atoms with Crippen LogP contribution in [0.1, 0.15) is 14.9 Å². The van der Waals surface area contributed by atoms with Gasteiger partial charge in [0.05, 0.1) is 0 Å². The van der Waals surface area contributed by atoms with Gasteiger partial charge < -0.3 is 4.79 Å². The lowest BCUT2D eigenvalue weighted by Gasteiger charge is -0.837. The summed E-state index contributed by atoms with van der Waals surface area (Å²) in [4.78, 5) is 8.00.